The highest BCUT2D eigenvalue weighted by atomic mass is 35.5. The summed E-state index contributed by atoms with van der Waals surface area (Å²) in [6.45, 7) is 5.62. The van der Waals surface area contributed by atoms with Crippen LogP contribution in [0.3, 0.4) is 0 Å². The molecule has 0 aliphatic rings. The van der Waals surface area contributed by atoms with Crippen LogP contribution < -0.4 is 4.72 Å². The van der Waals surface area contributed by atoms with Crippen molar-refractivity contribution in [1.82, 2.24) is 4.72 Å². The van der Waals surface area contributed by atoms with Crippen LogP contribution in [-0.4, -0.2) is 26.2 Å². The van der Waals surface area contributed by atoms with Gasteiger partial charge in [0.1, 0.15) is 4.90 Å². The van der Waals surface area contributed by atoms with Crippen molar-refractivity contribution in [3.63, 3.8) is 0 Å². The van der Waals surface area contributed by atoms with E-state index in [4.69, 9.17) is 11.6 Å². The van der Waals surface area contributed by atoms with Crippen molar-refractivity contribution >= 4 is 21.6 Å². The van der Waals surface area contributed by atoms with E-state index in [-0.39, 0.29) is 17.0 Å². The van der Waals surface area contributed by atoms with Gasteiger partial charge in [-0.3, -0.25) is 0 Å². The molecular weight excluding hydrogens is 305 g/mol. The lowest BCUT2D eigenvalue weighted by Crippen LogP contribution is -2.34. The molecule has 20 heavy (non-hydrogen) atoms. The second-order valence-electron chi connectivity index (χ2n) is 5.82. The highest BCUT2D eigenvalue weighted by molar-refractivity contribution is 7.89. The molecule has 0 saturated carbocycles. The number of hydrogen-bond acceptors (Lipinski definition) is 3. The molecule has 1 atom stereocenters. The largest absolute Gasteiger partial charge is 0.392 e. The lowest BCUT2D eigenvalue weighted by Gasteiger charge is -2.22. The summed E-state index contributed by atoms with van der Waals surface area (Å²) in [6, 6.07) is 3.75. The Balaban J connectivity index is 2.79. The van der Waals surface area contributed by atoms with E-state index in [2.05, 4.69) is 4.72 Å². The van der Waals surface area contributed by atoms with Gasteiger partial charge < -0.3 is 5.11 Å². The fourth-order valence-electron chi connectivity index (χ4n) is 1.75. The zero-order valence-corrected chi connectivity index (χ0v) is 13.2. The molecule has 0 heterocycles. The Labute approximate surface area is 124 Å². The van der Waals surface area contributed by atoms with Crippen molar-refractivity contribution in [2.24, 2.45) is 5.41 Å². The van der Waals surface area contributed by atoms with Gasteiger partial charge in [-0.1, -0.05) is 38.4 Å². The summed E-state index contributed by atoms with van der Waals surface area (Å²) in [5, 5.41) is 9.51. The van der Waals surface area contributed by atoms with Crippen LogP contribution >= 0.6 is 11.6 Å². The molecule has 7 heteroatoms. The summed E-state index contributed by atoms with van der Waals surface area (Å²) in [5.74, 6) is -0.994. The molecule has 1 aromatic rings. The predicted molar refractivity (Wildman–Crippen MR) is 76.7 cm³/mol. The molecule has 4 nitrogen and oxygen atoms in total. The van der Waals surface area contributed by atoms with Crippen LogP contribution in [0.5, 0.6) is 0 Å². The van der Waals surface area contributed by atoms with Gasteiger partial charge in [-0.05, 0) is 24.0 Å². The lowest BCUT2D eigenvalue weighted by atomic mass is 9.89. The van der Waals surface area contributed by atoms with Crippen molar-refractivity contribution in [2.45, 2.75) is 38.2 Å². The third-order valence-corrected chi connectivity index (χ3v) is 4.30. The molecular formula is C13H19ClFNO3S. The fraction of sp³-hybridized carbons (Fsp3) is 0.538. The Bertz CT molecular complexity index is 569. The van der Waals surface area contributed by atoms with E-state index in [1.165, 1.54) is 12.1 Å². The van der Waals surface area contributed by atoms with Gasteiger partial charge >= 0.3 is 0 Å². The van der Waals surface area contributed by atoms with Crippen molar-refractivity contribution in [2.75, 3.05) is 6.54 Å². The van der Waals surface area contributed by atoms with E-state index in [0.29, 0.717) is 6.42 Å². The van der Waals surface area contributed by atoms with Gasteiger partial charge in [0.25, 0.3) is 0 Å². The normalized spacial score (nSPS) is 14.3. The van der Waals surface area contributed by atoms with Gasteiger partial charge in [0.15, 0.2) is 5.82 Å². The first kappa shape index (κ1) is 17.4. The van der Waals surface area contributed by atoms with E-state index in [0.717, 1.165) is 6.07 Å². The molecule has 0 aromatic heterocycles. The summed E-state index contributed by atoms with van der Waals surface area (Å²) in [5.41, 5.74) is -0.133. The average molecular weight is 324 g/mol. The second kappa shape index (κ2) is 6.39. The Hall–Kier alpha value is -0.690. The van der Waals surface area contributed by atoms with E-state index in [1.54, 1.807) is 0 Å². The minimum absolute atomic E-state index is 0.133. The summed E-state index contributed by atoms with van der Waals surface area (Å²) >= 11 is 5.55. The molecule has 0 aliphatic heterocycles. The summed E-state index contributed by atoms with van der Waals surface area (Å²) < 4.78 is 39.8. The van der Waals surface area contributed by atoms with E-state index in [1.807, 2.05) is 20.8 Å². The van der Waals surface area contributed by atoms with Crippen molar-refractivity contribution in [3.05, 3.63) is 29.0 Å². The van der Waals surface area contributed by atoms with Crippen LogP contribution in [0, 0.1) is 11.2 Å². The minimum atomic E-state index is -4.03. The zero-order valence-electron chi connectivity index (χ0n) is 11.7. The van der Waals surface area contributed by atoms with Gasteiger partial charge in [0, 0.05) is 6.54 Å². The minimum Gasteiger partial charge on any atom is -0.392 e. The molecule has 2 N–H and O–H groups in total. The van der Waals surface area contributed by atoms with Gasteiger partial charge in [-0.15, -0.1) is 0 Å². The molecule has 114 valence electrons. The molecule has 0 fully saturated rings. The Morgan fingerprint density at radius 2 is 2.00 bits per heavy atom. The first-order valence-corrected chi connectivity index (χ1v) is 8.01. The van der Waals surface area contributed by atoms with Crippen LogP contribution in [0.1, 0.15) is 27.2 Å². The van der Waals surface area contributed by atoms with Gasteiger partial charge in [-0.25, -0.2) is 17.5 Å². The number of sulfonamides is 1. The number of hydrogen-bond donors (Lipinski definition) is 2. The van der Waals surface area contributed by atoms with Crippen LogP contribution in [0.25, 0.3) is 0 Å². The number of nitrogens with one attached hydrogen (secondary N) is 1. The fourth-order valence-corrected chi connectivity index (χ4v) is 3.16. The van der Waals surface area contributed by atoms with Crippen LogP contribution in [0.2, 0.25) is 5.02 Å². The summed E-state index contributed by atoms with van der Waals surface area (Å²) in [7, 11) is -4.03. The molecule has 1 aromatic carbocycles. The number of rotatable bonds is 5. The quantitative estimate of drug-likeness (QED) is 0.875. The van der Waals surface area contributed by atoms with Gasteiger partial charge in [0.05, 0.1) is 11.1 Å². The summed E-state index contributed by atoms with van der Waals surface area (Å²) in [6.07, 6.45) is -0.417. The molecule has 0 radical (unpaired) electrons. The highest BCUT2D eigenvalue weighted by Crippen LogP contribution is 2.23. The van der Waals surface area contributed by atoms with Crippen molar-refractivity contribution in [1.29, 1.82) is 0 Å². The van der Waals surface area contributed by atoms with Crippen LogP contribution in [0.4, 0.5) is 4.39 Å². The summed E-state index contributed by atoms with van der Waals surface area (Å²) in [4.78, 5) is -0.520. The van der Waals surface area contributed by atoms with Crippen LogP contribution in [-0.2, 0) is 10.0 Å². The maximum absolute atomic E-state index is 13.7. The Kier molecular flexibility index (Phi) is 5.54. The molecule has 0 saturated heterocycles. The molecule has 0 amide bonds. The third-order valence-electron chi connectivity index (χ3n) is 2.56. The molecule has 0 spiro atoms. The zero-order chi connectivity index (χ0) is 15.6. The first-order chi connectivity index (χ1) is 9.03. The van der Waals surface area contributed by atoms with Gasteiger partial charge in [0.2, 0.25) is 10.0 Å². The van der Waals surface area contributed by atoms with Crippen LogP contribution in [0.15, 0.2) is 23.1 Å². The topological polar surface area (TPSA) is 66.4 Å². The number of halogens is 2. The predicted octanol–water partition coefficient (Wildman–Crippen LogP) is 2.55. The number of aliphatic hydroxyl groups is 1. The maximum Gasteiger partial charge on any atom is 0.243 e. The number of benzene rings is 1. The first-order valence-electron chi connectivity index (χ1n) is 6.15. The molecule has 1 rings (SSSR count). The average Bonchev–Trinajstić information content (AvgIpc) is 2.28. The monoisotopic (exact) mass is 323 g/mol. The maximum atomic E-state index is 13.7. The van der Waals surface area contributed by atoms with E-state index >= 15 is 0 Å². The molecule has 1 unspecified atom stereocenters. The molecule has 0 aliphatic carbocycles. The second-order valence-corrected chi connectivity index (χ2v) is 7.97. The van der Waals surface area contributed by atoms with Crippen molar-refractivity contribution < 1.29 is 17.9 Å². The standard InChI is InChI=1S/C13H19ClFNO3S/c1-13(2,3)7-9(17)8-16-20(18,19)11-6-4-5-10(14)12(11)15/h4-6,9,16-17H,7-8H2,1-3H3. The highest BCUT2D eigenvalue weighted by Gasteiger charge is 2.23. The third kappa shape index (κ3) is 5.01. The number of aliphatic hydroxyl groups excluding tert-OH is 1. The van der Waals surface area contributed by atoms with Gasteiger partial charge in [-0.2, -0.15) is 0 Å². The Morgan fingerprint density at radius 1 is 1.40 bits per heavy atom. The smallest absolute Gasteiger partial charge is 0.243 e. The van der Waals surface area contributed by atoms with E-state index < -0.39 is 26.8 Å². The Morgan fingerprint density at radius 3 is 2.55 bits per heavy atom. The lowest BCUT2D eigenvalue weighted by molar-refractivity contribution is 0.125. The van der Waals surface area contributed by atoms with Crippen molar-refractivity contribution in [3.8, 4) is 0 Å². The molecule has 0 bridgehead atoms. The van der Waals surface area contributed by atoms with E-state index in [9.17, 15) is 17.9 Å². The SMILES string of the molecule is CC(C)(C)CC(O)CNS(=O)(=O)c1cccc(Cl)c1F.